The number of nitrogens with zero attached hydrogens (tertiary/aromatic N) is 1. The van der Waals surface area contributed by atoms with Crippen LogP contribution >= 0.6 is 23.2 Å². The number of rotatable bonds is 4. The summed E-state index contributed by atoms with van der Waals surface area (Å²) >= 11 is 11.7. The molecule has 1 aliphatic rings. The van der Waals surface area contributed by atoms with E-state index in [1.165, 1.54) is 0 Å². The minimum Gasteiger partial charge on any atom is -0.325 e. The molecule has 0 spiro atoms. The Kier molecular flexibility index (Phi) is 5.58. The highest BCUT2D eigenvalue weighted by molar-refractivity contribution is 6.35. The van der Waals surface area contributed by atoms with Gasteiger partial charge in [-0.05, 0) is 37.1 Å². The van der Waals surface area contributed by atoms with Crippen molar-refractivity contribution in [1.82, 2.24) is 4.90 Å². The Hall–Kier alpha value is -0.980. The van der Waals surface area contributed by atoms with Crippen LogP contribution in [0.25, 0.3) is 0 Å². The average molecular weight is 355 g/mol. The van der Waals surface area contributed by atoms with Gasteiger partial charge < -0.3 is 5.32 Å². The van der Waals surface area contributed by atoms with Crippen molar-refractivity contribution in [3.63, 3.8) is 0 Å². The Morgan fingerprint density at radius 1 is 1.27 bits per heavy atom. The van der Waals surface area contributed by atoms with Gasteiger partial charge >= 0.3 is 6.18 Å². The van der Waals surface area contributed by atoms with Gasteiger partial charge in [-0.2, -0.15) is 13.2 Å². The van der Waals surface area contributed by atoms with Crippen molar-refractivity contribution < 1.29 is 18.0 Å². The maximum atomic E-state index is 12.3. The van der Waals surface area contributed by atoms with Crippen molar-refractivity contribution in [2.45, 2.75) is 19.0 Å². The summed E-state index contributed by atoms with van der Waals surface area (Å²) < 4.78 is 37.0. The third kappa shape index (κ3) is 5.66. The Bertz CT molecular complexity index is 531. The molecule has 1 N–H and O–H groups in total. The summed E-state index contributed by atoms with van der Waals surface area (Å²) in [6.45, 7) is 0.826. The number of nitrogens with one attached hydrogen (secondary N) is 1. The Morgan fingerprint density at radius 3 is 2.50 bits per heavy atom. The van der Waals surface area contributed by atoms with Crippen molar-refractivity contribution in [2.24, 2.45) is 5.92 Å². The van der Waals surface area contributed by atoms with Crippen LogP contribution in [-0.2, 0) is 4.79 Å². The smallest absolute Gasteiger partial charge is 0.325 e. The number of carbonyl (C=O) groups is 1. The van der Waals surface area contributed by atoms with Crippen molar-refractivity contribution in [2.75, 3.05) is 25.0 Å². The first-order chi connectivity index (χ1) is 10.2. The molecule has 1 heterocycles. The summed E-state index contributed by atoms with van der Waals surface area (Å²) in [4.78, 5) is 13.6. The van der Waals surface area contributed by atoms with E-state index in [1.54, 1.807) is 23.1 Å². The Labute approximate surface area is 136 Å². The lowest BCUT2D eigenvalue weighted by molar-refractivity contribution is -0.143. The number of halogens is 5. The topological polar surface area (TPSA) is 32.3 Å². The summed E-state index contributed by atoms with van der Waals surface area (Å²) in [6, 6.07) is 4.66. The molecular weight excluding hydrogens is 340 g/mol. The molecule has 1 aliphatic heterocycles. The number of hydrogen-bond donors (Lipinski definition) is 1. The lowest BCUT2D eigenvalue weighted by Gasteiger charge is -2.16. The van der Waals surface area contributed by atoms with E-state index in [1.807, 2.05) is 0 Å². The van der Waals surface area contributed by atoms with Gasteiger partial charge in [0.1, 0.15) is 0 Å². The molecular formula is C14H15Cl2F3N2O. The number of hydrogen-bond acceptors (Lipinski definition) is 2. The zero-order valence-corrected chi connectivity index (χ0v) is 13.1. The Morgan fingerprint density at radius 2 is 1.91 bits per heavy atom. The van der Waals surface area contributed by atoms with Crippen LogP contribution in [0.4, 0.5) is 18.9 Å². The van der Waals surface area contributed by atoms with Crippen LogP contribution in [-0.4, -0.2) is 36.6 Å². The molecule has 1 fully saturated rings. The molecule has 1 amide bonds. The fraction of sp³-hybridized carbons (Fsp3) is 0.500. The van der Waals surface area contributed by atoms with Gasteiger partial charge in [0.2, 0.25) is 5.91 Å². The lowest BCUT2D eigenvalue weighted by atomic mass is 10.1. The standard InChI is InChI=1S/C14H15Cl2F3N2O/c15-10-3-11(16)5-12(4-10)20-13(22)8-21-2-1-9(7-21)6-14(17,18)19/h3-5,9H,1-2,6-8H2,(H,20,22). The van der Waals surface area contributed by atoms with Crippen molar-refractivity contribution in [3.8, 4) is 0 Å². The number of alkyl halides is 3. The van der Waals surface area contributed by atoms with E-state index in [0.717, 1.165) is 0 Å². The molecule has 1 unspecified atom stereocenters. The van der Waals surface area contributed by atoms with Crippen LogP contribution in [0.1, 0.15) is 12.8 Å². The summed E-state index contributed by atoms with van der Waals surface area (Å²) in [7, 11) is 0. The van der Waals surface area contributed by atoms with Crippen LogP contribution in [0.5, 0.6) is 0 Å². The summed E-state index contributed by atoms with van der Waals surface area (Å²) in [6.07, 6.45) is -4.49. The SMILES string of the molecule is O=C(CN1CCC(CC(F)(F)F)C1)Nc1cc(Cl)cc(Cl)c1. The molecule has 122 valence electrons. The van der Waals surface area contributed by atoms with Gasteiger partial charge in [-0.25, -0.2) is 0 Å². The molecule has 8 heteroatoms. The monoisotopic (exact) mass is 354 g/mol. The Balaban J connectivity index is 1.83. The number of amides is 1. The van der Waals surface area contributed by atoms with E-state index >= 15 is 0 Å². The van der Waals surface area contributed by atoms with Crippen LogP contribution < -0.4 is 5.32 Å². The molecule has 1 saturated heterocycles. The van der Waals surface area contributed by atoms with E-state index in [9.17, 15) is 18.0 Å². The molecule has 0 aliphatic carbocycles. The van der Waals surface area contributed by atoms with Gasteiger partial charge in [0.15, 0.2) is 0 Å². The largest absolute Gasteiger partial charge is 0.389 e. The molecule has 1 aromatic rings. The van der Waals surface area contributed by atoms with Gasteiger partial charge in [-0.15, -0.1) is 0 Å². The van der Waals surface area contributed by atoms with E-state index in [-0.39, 0.29) is 19.0 Å². The molecule has 0 radical (unpaired) electrons. The summed E-state index contributed by atoms with van der Waals surface area (Å²) in [5.74, 6) is -0.737. The van der Waals surface area contributed by atoms with Crippen LogP contribution in [0.3, 0.4) is 0 Å². The van der Waals surface area contributed by atoms with Gasteiger partial charge in [-0.1, -0.05) is 23.2 Å². The molecule has 2 rings (SSSR count). The fourth-order valence-electron chi connectivity index (χ4n) is 2.58. The minimum atomic E-state index is -4.15. The zero-order chi connectivity index (χ0) is 16.3. The second-order valence-electron chi connectivity index (χ2n) is 5.42. The predicted octanol–water partition coefficient (Wildman–Crippen LogP) is 4.21. The highest BCUT2D eigenvalue weighted by Crippen LogP contribution is 2.30. The van der Waals surface area contributed by atoms with Gasteiger partial charge in [0, 0.05) is 28.7 Å². The van der Waals surface area contributed by atoms with Crippen LogP contribution in [0.15, 0.2) is 18.2 Å². The third-order valence-corrected chi connectivity index (χ3v) is 3.84. The summed E-state index contributed by atoms with van der Waals surface area (Å²) in [5.41, 5.74) is 0.466. The van der Waals surface area contributed by atoms with Crippen molar-refractivity contribution in [1.29, 1.82) is 0 Å². The fourth-order valence-corrected chi connectivity index (χ4v) is 3.11. The van der Waals surface area contributed by atoms with Crippen LogP contribution in [0, 0.1) is 5.92 Å². The van der Waals surface area contributed by atoms with Gasteiger partial charge in [0.25, 0.3) is 0 Å². The zero-order valence-electron chi connectivity index (χ0n) is 11.6. The number of carbonyl (C=O) groups excluding carboxylic acids is 1. The molecule has 1 atom stereocenters. The average Bonchev–Trinajstić information content (AvgIpc) is 2.71. The molecule has 0 aromatic heterocycles. The molecule has 0 saturated carbocycles. The van der Waals surface area contributed by atoms with E-state index in [2.05, 4.69) is 5.32 Å². The maximum Gasteiger partial charge on any atom is 0.389 e. The lowest BCUT2D eigenvalue weighted by Crippen LogP contribution is -2.32. The minimum absolute atomic E-state index is 0.0541. The van der Waals surface area contributed by atoms with Crippen molar-refractivity contribution >= 4 is 34.8 Å². The van der Waals surface area contributed by atoms with Gasteiger partial charge in [0.05, 0.1) is 6.54 Å². The van der Waals surface area contributed by atoms with Gasteiger partial charge in [-0.3, -0.25) is 9.69 Å². The number of benzene rings is 1. The molecule has 22 heavy (non-hydrogen) atoms. The first kappa shape index (κ1) is 17.4. The quantitative estimate of drug-likeness (QED) is 0.878. The first-order valence-electron chi connectivity index (χ1n) is 6.76. The number of likely N-dealkylation sites (tertiary alicyclic amines) is 1. The second-order valence-corrected chi connectivity index (χ2v) is 6.29. The van der Waals surface area contributed by atoms with E-state index < -0.39 is 18.5 Å². The molecule has 0 bridgehead atoms. The third-order valence-electron chi connectivity index (χ3n) is 3.40. The highest BCUT2D eigenvalue weighted by atomic mass is 35.5. The normalized spacial score (nSPS) is 19.4. The van der Waals surface area contributed by atoms with Crippen molar-refractivity contribution in [3.05, 3.63) is 28.2 Å². The maximum absolute atomic E-state index is 12.3. The highest BCUT2D eigenvalue weighted by Gasteiger charge is 2.35. The van der Waals surface area contributed by atoms with Crippen LogP contribution in [0.2, 0.25) is 10.0 Å². The first-order valence-corrected chi connectivity index (χ1v) is 7.52. The number of anilines is 1. The summed E-state index contributed by atoms with van der Waals surface area (Å²) in [5, 5.41) is 3.44. The van der Waals surface area contributed by atoms with E-state index in [4.69, 9.17) is 23.2 Å². The second kappa shape index (κ2) is 7.06. The molecule has 1 aromatic carbocycles. The van der Waals surface area contributed by atoms with E-state index in [0.29, 0.717) is 28.7 Å². The molecule has 3 nitrogen and oxygen atoms in total. The predicted molar refractivity (Wildman–Crippen MR) is 80.3 cm³/mol.